The lowest BCUT2D eigenvalue weighted by atomic mass is 10.2. The van der Waals surface area contributed by atoms with Crippen LogP contribution < -0.4 is 10.5 Å². The van der Waals surface area contributed by atoms with Crippen LogP contribution in [0.2, 0.25) is 0 Å². The van der Waals surface area contributed by atoms with Crippen molar-refractivity contribution >= 4 is 15.7 Å². The van der Waals surface area contributed by atoms with Crippen LogP contribution >= 0.6 is 0 Å². The maximum absolute atomic E-state index is 11.2. The zero-order chi connectivity index (χ0) is 11.6. The molecule has 0 aliphatic rings. The van der Waals surface area contributed by atoms with Gasteiger partial charge in [0.05, 0.1) is 17.6 Å². The highest BCUT2D eigenvalue weighted by Gasteiger charge is 2.14. The number of benzene rings is 1. The quantitative estimate of drug-likeness (QED) is 0.802. The summed E-state index contributed by atoms with van der Waals surface area (Å²) in [7, 11) is -1.97. The van der Waals surface area contributed by atoms with E-state index in [1.54, 1.807) is 0 Å². The molecule has 15 heavy (non-hydrogen) atoms. The summed E-state index contributed by atoms with van der Waals surface area (Å²) >= 11 is 0. The number of nitrogens with two attached hydrogens (primary N) is 1. The number of rotatable bonds is 3. The Hall–Kier alpha value is -1.56. The number of hydrogen-bond donors (Lipinski definition) is 1. The molecule has 0 bridgehead atoms. The summed E-state index contributed by atoms with van der Waals surface area (Å²) in [6.07, 6.45) is 1.06. The summed E-state index contributed by atoms with van der Waals surface area (Å²) in [5.74, 6) is -0.466. The second kappa shape index (κ2) is 3.90. The summed E-state index contributed by atoms with van der Waals surface area (Å²) in [5, 5.41) is 0. The van der Waals surface area contributed by atoms with Gasteiger partial charge in [-0.05, 0) is 18.2 Å². The molecule has 0 saturated carbocycles. The van der Waals surface area contributed by atoms with Crippen molar-refractivity contribution in [3.8, 4) is 5.75 Å². The third-order valence-corrected chi connectivity index (χ3v) is 2.97. The molecule has 0 aromatic heterocycles. The first-order chi connectivity index (χ1) is 6.86. The van der Waals surface area contributed by atoms with Gasteiger partial charge >= 0.3 is 0 Å². The second-order valence-electron chi connectivity index (χ2n) is 3.00. The fraction of sp³-hybridized carbons (Fsp3) is 0.222. The summed E-state index contributed by atoms with van der Waals surface area (Å²) in [4.78, 5) is 11.0. The van der Waals surface area contributed by atoms with Gasteiger partial charge in [-0.2, -0.15) is 0 Å². The van der Waals surface area contributed by atoms with E-state index in [0.717, 1.165) is 6.26 Å². The molecule has 0 heterocycles. The van der Waals surface area contributed by atoms with E-state index in [9.17, 15) is 13.2 Å². The van der Waals surface area contributed by atoms with Crippen molar-refractivity contribution in [2.75, 3.05) is 13.4 Å². The predicted octanol–water partition coefficient (Wildman–Crippen LogP) is 0.198. The van der Waals surface area contributed by atoms with Gasteiger partial charge in [-0.3, -0.25) is 4.79 Å². The van der Waals surface area contributed by atoms with Gasteiger partial charge in [0.2, 0.25) is 0 Å². The number of amides is 1. The van der Waals surface area contributed by atoms with Crippen LogP contribution in [-0.2, 0) is 9.84 Å². The van der Waals surface area contributed by atoms with Crippen LogP contribution in [0.1, 0.15) is 10.4 Å². The summed E-state index contributed by atoms with van der Waals surface area (Å²) < 4.78 is 27.3. The molecule has 0 aliphatic carbocycles. The largest absolute Gasteiger partial charge is 0.496 e. The number of primary amides is 1. The number of ether oxygens (including phenoxy) is 1. The minimum Gasteiger partial charge on any atom is -0.496 e. The van der Waals surface area contributed by atoms with E-state index in [0.29, 0.717) is 0 Å². The van der Waals surface area contributed by atoms with Crippen molar-refractivity contribution in [2.24, 2.45) is 5.73 Å². The van der Waals surface area contributed by atoms with Gasteiger partial charge in [-0.15, -0.1) is 0 Å². The molecule has 1 aromatic rings. The van der Waals surface area contributed by atoms with Crippen LogP contribution in [0.4, 0.5) is 0 Å². The monoisotopic (exact) mass is 229 g/mol. The van der Waals surface area contributed by atoms with Gasteiger partial charge in [-0.25, -0.2) is 8.42 Å². The Kier molecular flexibility index (Phi) is 2.99. The van der Waals surface area contributed by atoms with E-state index in [1.165, 1.54) is 25.3 Å². The van der Waals surface area contributed by atoms with E-state index in [2.05, 4.69) is 0 Å². The van der Waals surface area contributed by atoms with Gasteiger partial charge in [-0.1, -0.05) is 0 Å². The van der Waals surface area contributed by atoms with Gasteiger partial charge < -0.3 is 10.5 Å². The van der Waals surface area contributed by atoms with Crippen molar-refractivity contribution in [2.45, 2.75) is 4.90 Å². The van der Waals surface area contributed by atoms with Crippen molar-refractivity contribution in [3.05, 3.63) is 23.8 Å². The van der Waals surface area contributed by atoms with E-state index in [1.807, 2.05) is 0 Å². The van der Waals surface area contributed by atoms with Crippen molar-refractivity contribution < 1.29 is 17.9 Å². The first kappa shape index (κ1) is 11.5. The molecule has 0 spiro atoms. The second-order valence-corrected chi connectivity index (χ2v) is 5.01. The lowest BCUT2D eigenvalue weighted by molar-refractivity contribution is 0.0997. The fourth-order valence-corrected chi connectivity index (χ4v) is 1.76. The van der Waals surface area contributed by atoms with Crippen LogP contribution in [0.25, 0.3) is 0 Å². The number of hydrogen-bond acceptors (Lipinski definition) is 4. The molecule has 0 radical (unpaired) electrons. The zero-order valence-corrected chi connectivity index (χ0v) is 9.17. The summed E-state index contributed by atoms with van der Waals surface area (Å²) in [5.41, 5.74) is 5.14. The highest BCUT2D eigenvalue weighted by atomic mass is 32.2. The Balaban J connectivity index is 3.42. The van der Waals surface area contributed by atoms with Crippen LogP contribution in [0.3, 0.4) is 0 Å². The van der Waals surface area contributed by atoms with E-state index in [-0.39, 0.29) is 16.2 Å². The molecule has 1 amide bonds. The molecule has 1 rings (SSSR count). The molecule has 1 aromatic carbocycles. The van der Waals surface area contributed by atoms with E-state index < -0.39 is 15.7 Å². The number of methoxy groups -OCH3 is 1. The smallest absolute Gasteiger partial charge is 0.252 e. The third-order valence-electron chi connectivity index (χ3n) is 1.86. The number of carbonyl (C=O) groups excluding carboxylic acids is 1. The van der Waals surface area contributed by atoms with Gasteiger partial charge in [0.15, 0.2) is 9.84 Å². The van der Waals surface area contributed by atoms with E-state index in [4.69, 9.17) is 10.5 Å². The van der Waals surface area contributed by atoms with Crippen LogP contribution in [-0.4, -0.2) is 27.7 Å². The molecular formula is C9H11NO4S. The normalized spacial score (nSPS) is 11.1. The Morgan fingerprint density at radius 3 is 2.40 bits per heavy atom. The minimum atomic E-state index is -3.35. The van der Waals surface area contributed by atoms with Crippen LogP contribution in [0, 0.1) is 0 Å². The fourth-order valence-electron chi connectivity index (χ4n) is 1.11. The Bertz CT molecular complexity index is 493. The highest BCUT2D eigenvalue weighted by molar-refractivity contribution is 7.90. The van der Waals surface area contributed by atoms with Crippen LogP contribution in [0.5, 0.6) is 5.75 Å². The average molecular weight is 229 g/mol. The maximum atomic E-state index is 11.2. The maximum Gasteiger partial charge on any atom is 0.252 e. The molecule has 82 valence electrons. The SMILES string of the molecule is COc1ccc(S(C)(=O)=O)cc1C(N)=O. The Labute approximate surface area is 87.8 Å². The van der Waals surface area contributed by atoms with Crippen molar-refractivity contribution in [1.29, 1.82) is 0 Å². The minimum absolute atomic E-state index is 0.0390. The predicted molar refractivity (Wildman–Crippen MR) is 54.6 cm³/mol. The third kappa shape index (κ3) is 2.47. The first-order valence-corrected chi connectivity index (χ1v) is 5.93. The number of carbonyl (C=O) groups is 1. The molecule has 6 heteroatoms. The van der Waals surface area contributed by atoms with Gasteiger partial charge in [0, 0.05) is 6.26 Å². The lowest BCUT2D eigenvalue weighted by Crippen LogP contribution is -2.13. The zero-order valence-electron chi connectivity index (χ0n) is 8.35. The standard InChI is InChI=1S/C9H11NO4S/c1-14-8-4-3-6(15(2,12)13)5-7(8)9(10)11/h3-5H,1-2H3,(H2,10,11). The first-order valence-electron chi connectivity index (χ1n) is 4.04. The van der Waals surface area contributed by atoms with Crippen LogP contribution in [0.15, 0.2) is 23.1 Å². The molecule has 2 N–H and O–H groups in total. The summed E-state index contributed by atoms with van der Waals surface area (Å²) in [6.45, 7) is 0. The van der Waals surface area contributed by atoms with E-state index >= 15 is 0 Å². The topological polar surface area (TPSA) is 86.5 Å². The average Bonchev–Trinajstić information content (AvgIpc) is 2.15. The molecule has 0 aliphatic heterocycles. The van der Waals surface area contributed by atoms with Gasteiger partial charge in [0.25, 0.3) is 5.91 Å². The molecule has 0 saturated heterocycles. The summed E-state index contributed by atoms with van der Waals surface area (Å²) in [6, 6.07) is 3.97. The number of sulfone groups is 1. The van der Waals surface area contributed by atoms with Gasteiger partial charge in [0.1, 0.15) is 5.75 Å². The lowest BCUT2D eigenvalue weighted by Gasteiger charge is -2.06. The Morgan fingerprint density at radius 2 is 2.00 bits per heavy atom. The molecule has 0 unspecified atom stereocenters. The molecular weight excluding hydrogens is 218 g/mol. The molecule has 0 fully saturated rings. The molecule has 0 atom stereocenters. The van der Waals surface area contributed by atoms with Crippen molar-refractivity contribution in [1.82, 2.24) is 0 Å². The van der Waals surface area contributed by atoms with Crippen molar-refractivity contribution in [3.63, 3.8) is 0 Å². The highest BCUT2D eigenvalue weighted by Crippen LogP contribution is 2.21. The molecule has 5 nitrogen and oxygen atoms in total. The Morgan fingerprint density at radius 1 is 1.40 bits per heavy atom.